The Morgan fingerprint density at radius 2 is 1.79 bits per heavy atom. The molecule has 1 aliphatic carbocycles. The second kappa shape index (κ2) is 4.31. The van der Waals surface area contributed by atoms with Gasteiger partial charge in [0.05, 0.1) is 16.4 Å². The van der Waals surface area contributed by atoms with Gasteiger partial charge in [-0.05, 0) is 12.1 Å². The first-order chi connectivity index (χ1) is 9.03. The molecule has 1 heterocycles. The van der Waals surface area contributed by atoms with Gasteiger partial charge in [0.25, 0.3) is 15.9 Å². The van der Waals surface area contributed by atoms with E-state index in [9.17, 15) is 13.2 Å². The molecule has 0 spiro atoms. The molecule has 19 heavy (non-hydrogen) atoms. The maximum absolute atomic E-state index is 12.5. The van der Waals surface area contributed by atoms with Gasteiger partial charge in [0.2, 0.25) is 0 Å². The Hall–Kier alpha value is -1.40. The van der Waals surface area contributed by atoms with Crippen LogP contribution in [0.5, 0.6) is 0 Å². The van der Waals surface area contributed by atoms with Crippen LogP contribution in [0.15, 0.2) is 53.5 Å². The van der Waals surface area contributed by atoms with Crippen LogP contribution in [0.1, 0.15) is 10.4 Å². The number of hydrogen-bond acceptors (Lipinski definition) is 3. The van der Waals surface area contributed by atoms with Gasteiger partial charge in [0.1, 0.15) is 4.90 Å². The van der Waals surface area contributed by atoms with Crippen molar-refractivity contribution >= 4 is 31.9 Å². The fraction of sp³-hybridized carbons (Fsp3) is 0.154. The number of nitrogens with zero attached hydrogens (tertiary/aromatic N) is 1. The fourth-order valence-electron chi connectivity index (χ4n) is 2.27. The normalized spacial score (nSPS) is 27.6. The number of hydrogen-bond donors (Lipinski definition) is 0. The Morgan fingerprint density at radius 1 is 1.11 bits per heavy atom. The molecule has 0 N–H and O–H groups in total. The van der Waals surface area contributed by atoms with Crippen LogP contribution in [-0.2, 0) is 10.0 Å². The van der Waals surface area contributed by atoms with E-state index in [4.69, 9.17) is 0 Å². The van der Waals surface area contributed by atoms with Gasteiger partial charge >= 0.3 is 0 Å². The number of carbonyl (C=O) groups is 1. The van der Waals surface area contributed by atoms with Gasteiger partial charge in [-0.2, -0.15) is 0 Å². The largest absolute Gasteiger partial charge is 0.269 e. The molecule has 3 rings (SSSR count). The van der Waals surface area contributed by atoms with Crippen molar-refractivity contribution in [2.24, 2.45) is 0 Å². The van der Waals surface area contributed by atoms with E-state index in [1.807, 2.05) is 12.2 Å². The fourth-order valence-corrected chi connectivity index (χ4v) is 4.75. The number of benzene rings is 1. The molecule has 2 aliphatic rings. The van der Waals surface area contributed by atoms with E-state index < -0.39 is 22.0 Å². The van der Waals surface area contributed by atoms with Gasteiger partial charge in [0, 0.05) is 0 Å². The molecule has 0 fully saturated rings. The lowest BCUT2D eigenvalue weighted by Gasteiger charge is -2.27. The second-order valence-electron chi connectivity index (χ2n) is 4.31. The van der Waals surface area contributed by atoms with Crippen LogP contribution in [0.3, 0.4) is 0 Å². The summed E-state index contributed by atoms with van der Waals surface area (Å²) in [4.78, 5) is 12.2. The first kappa shape index (κ1) is 12.6. The lowest BCUT2D eigenvalue weighted by molar-refractivity contribution is 0.0852. The van der Waals surface area contributed by atoms with E-state index >= 15 is 0 Å². The van der Waals surface area contributed by atoms with Crippen molar-refractivity contribution in [3.8, 4) is 0 Å². The second-order valence-corrected chi connectivity index (χ2v) is 7.15. The molecule has 0 bridgehead atoms. The summed E-state index contributed by atoms with van der Waals surface area (Å²) in [6.45, 7) is 0. The molecule has 4 nitrogen and oxygen atoms in total. The van der Waals surface area contributed by atoms with E-state index in [0.29, 0.717) is 0 Å². The summed E-state index contributed by atoms with van der Waals surface area (Å²) >= 11 is 3.39. The maximum Gasteiger partial charge on any atom is 0.269 e. The van der Waals surface area contributed by atoms with Crippen molar-refractivity contribution in [3.05, 3.63) is 54.1 Å². The molecule has 0 radical (unpaired) electrons. The maximum atomic E-state index is 12.5. The van der Waals surface area contributed by atoms with E-state index in [1.165, 1.54) is 6.07 Å². The molecular formula is C13H10BrNO3S. The molecule has 2 atom stereocenters. The predicted molar refractivity (Wildman–Crippen MR) is 74.6 cm³/mol. The quantitative estimate of drug-likeness (QED) is 0.736. The Bertz CT molecular complexity index is 708. The third-order valence-electron chi connectivity index (χ3n) is 3.17. The van der Waals surface area contributed by atoms with Crippen molar-refractivity contribution in [2.45, 2.75) is 15.8 Å². The van der Waals surface area contributed by atoms with E-state index in [1.54, 1.807) is 30.4 Å². The number of halogens is 1. The standard InChI is InChI=1S/C13H10BrNO3S/c14-10-6-2-3-7-11(10)15-13(16)9-5-1-4-8-12(9)19(15,17)18/h1-8,10-11H/t10?,11-/m1/s1. The molecule has 1 aliphatic heterocycles. The smallest absolute Gasteiger partial charge is 0.268 e. The third kappa shape index (κ3) is 1.78. The van der Waals surface area contributed by atoms with Gasteiger partial charge in [-0.15, -0.1) is 0 Å². The molecule has 1 aromatic carbocycles. The molecular weight excluding hydrogens is 330 g/mol. The first-order valence-corrected chi connectivity index (χ1v) is 8.06. The Morgan fingerprint density at radius 3 is 2.47 bits per heavy atom. The van der Waals surface area contributed by atoms with Crippen molar-refractivity contribution in [2.75, 3.05) is 0 Å². The number of carbonyl (C=O) groups excluding carboxylic acids is 1. The molecule has 0 saturated heterocycles. The Kier molecular flexibility index (Phi) is 2.87. The predicted octanol–water partition coefficient (Wildman–Crippen LogP) is 2.09. The molecule has 0 aromatic heterocycles. The van der Waals surface area contributed by atoms with Crippen LogP contribution in [0, 0.1) is 0 Å². The SMILES string of the molecule is O=C1c2ccccc2S(=O)(=O)N1[C@@H]1C=CC=CC1Br. The molecule has 1 aromatic rings. The van der Waals surface area contributed by atoms with E-state index in [-0.39, 0.29) is 15.3 Å². The number of amides is 1. The summed E-state index contributed by atoms with van der Waals surface area (Å²) in [6, 6.07) is 5.76. The van der Waals surface area contributed by atoms with Crippen LogP contribution in [0.2, 0.25) is 0 Å². The van der Waals surface area contributed by atoms with Crippen molar-refractivity contribution in [1.29, 1.82) is 0 Å². The summed E-state index contributed by atoms with van der Waals surface area (Å²) < 4.78 is 25.9. The van der Waals surface area contributed by atoms with Gasteiger partial charge < -0.3 is 0 Å². The van der Waals surface area contributed by atoms with Crippen LogP contribution in [-0.4, -0.2) is 29.5 Å². The summed E-state index contributed by atoms with van der Waals surface area (Å²) in [7, 11) is -3.76. The van der Waals surface area contributed by atoms with Crippen LogP contribution in [0.4, 0.5) is 0 Å². The zero-order valence-corrected chi connectivity index (χ0v) is 12.1. The van der Waals surface area contributed by atoms with Gasteiger partial charge in [-0.1, -0.05) is 52.4 Å². The summed E-state index contributed by atoms with van der Waals surface area (Å²) in [5, 5.41) is 0. The summed E-state index contributed by atoms with van der Waals surface area (Å²) in [5.74, 6) is -0.468. The minimum Gasteiger partial charge on any atom is -0.268 e. The highest BCUT2D eigenvalue weighted by molar-refractivity contribution is 9.09. The topological polar surface area (TPSA) is 54.5 Å². The number of sulfonamides is 1. The van der Waals surface area contributed by atoms with Crippen molar-refractivity contribution in [1.82, 2.24) is 4.31 Å². The minimum absolute atomic E-state index is 0.0858. The monoisotopic (exact) mass is 339 g/mol. The minimum atomic E-state index is -3.76. The van der Waals surface area contributed by atoms with Gasteiger partial charge in [-0.3, -0.25) is 4.79 Å². The number of fused-ring (bicyclic) bond motifs is 1. The zero-order valence-electron chi connectivity index (χ0n) is 9.73. The third-order valence-corrected chi connectivity index (χ3v) is 5.85. The summed E-state index contributed by atoms with van der Waals surface area (Å²) in [6.07, 6.45) is 7.08. The lowest BCUT2D eigenvalue weighted by atomic mass is 10.1. The van der Waals surface area contributed by atoms with Crippen LogP contribution in [0.25, 0.3) is 0 Å². The molecule has 0 saturated carbocycles. The summed E-state index contributed by atoms with van der Waals surface area (Å²) in [5.41, 5.74) is 0.241. The van der Waals surface area contributed by atoms with Crippen LogP contribution < -0.4 is 0 Å². The molecule has 98 valence electrons. The zero-order chi connectivity index (χ0) is 13.6. The van der Waals surface area contributed by atoms with Crippen LogP contribution >= 0.6 is 15.9 Å². The Balaban J connectivity index is 2.13. The highest BCUT2D eigenvalue weighted by Crippen LogP contribution is 2.34. The lowest BCUT2D eigenvalue weighted by Crippen LogP contribution is -2.43. The van der Waals surface area contributed by atoms with E-state index in [0.717, 1.165) is 4.31 Å². The van der Waals surface area contributed by atoms with Crippen molar-refractivity contribution < 1.29 is 13.2 Å². The van der Waals surface area contributed by atoms with Crippen molar-refractivity contribution in [3.63, 3.8) is 0 Å². The first-order valence-electron chi connectivity index (χ1n) is 5.70. The highest BCUT2D eigenvalue weighted by Gasteiger charge is 2.45. The number of allylic oxidation sites excluding steroid dienone is 2. The van der Waals surface area contributed by atoms with E-state index in [2.05, 4.69) is 15.9 Å². The average Bonchev–Trinajstić information content (AvgIpc) is 2.60. The van der Waals surface area contributed by atoms with Gasteiger partial charge in [0.15, 0.2) is 0 Å². The average molecular weight is 340 g/mol. The highest BCUT2D eigenvalue weighted by atomic mass is 79.9. The Labute approximate surface area is 119 Å². The molecule has 6 heteroatoms. The number of rotatable bonds is 1. The number of alkyl halides is 1. The molecule has 1 amide bonds. The van der Waals surface area contributed by atoms with Gasteiger partial charge in [-0.25, -0.2) is 12.7 Å². The molecule has 1 unspecified atom stereocenters.